The quantitative estimate of drug-likeness (QED) is 0.529. The topological polar surface area (TPSA) is 12.4 Å². The highest BCUT2D eigenvalue weighted by atomic mass is 14.8. The lowest BCUT2D eigenvalue weighted by molar-refractivity contribution is 0.591. The molecule has 1 nitrogen and oxygen atoms in total. The molecule has 0 fully saturated rings. The van der Waals surface area contributed by atoms with Crippen molar-refractivity contribution in [3.05, 3.63) is 0 Å². The fourth-order valence-electron chi connectivity index (χ4n) is 1.43. The van der Waals surface area contributed by atoms with Crippen LogP contribution in [-0.2, 0) is 0 Å². The summed E-state index contributed by atoms with van der Waals surface area (Å²) >= 11 is 0. The Morgan fingerprint density at radius 2 is 2.20 bits per heavy atom. The normalized spacial score (nSPS) is 26.8. The Kier molecular flexibility index (Phi) is 2.47. The molecule has 58 valence electrons. The Morgan fingerprint density at radius 3 is 2.60 bits per heavy atom. The number of rotatable bonds is 1. The van der Waals surface area contributed by atoms with Crippen molar-refractivity contribution in [3.8, 4) is 0 Å². The molecule has 0 aliphatic carbocycles. The summed E-state index contributed by atoms with van der Waals surface area (Å²) in [6, 6.07) is 0.589. The van der Waals surface area contributed by atoms with Crippen LogP contribution in [0, 0.1) is 5.92 Å². The van der Waals surface area contributed by atoms with Crippen LogP contribution in [0.1, 0.15) is 40.0 Å². The maximum atomic E-state index is 4.60. The first-order valence-corrected chi connectivity index (χ1v) is 4.26. The van der Waals surface area contributed by atoms with Gasteiger partial charge in [-0.05, 0) is 32.1 Å². The van der Waals surface area contributed by atoms with Gasteiger partial charge in [-0.1, -0.05) is 13.8 Å². The van der Waals surface area contributed by atoms with E-state index in [2.05, 4.69) is 25.8 Å². The average Bonchev–Trinajstić information content (AvgIpc) is 1.88. The SMILES string of the molecule is CC(C)C1=N[C@@H](C)CCC1. The second-order valence-corrected chi connectivity index (χ2v) is 3.52. The van der Waals surface area contributed by atoms with Gasteiger partial charge < -0.3 is 0 Å². The number of aliphatic imine (C=N–C) groups is 1. The molecule has 1 heteroatoms. The molecule has 0 N–H and O–H groups in total. The zero-order valence-corrected chi connectivity index (χ0v) is 7.22. The maximum absolute atomic E-state index is 4.60. The first kappa shape index (κ1) is 7.77. The Hall–Kier alpha value is -0.330. The third-order valence-electron chi connectivity index (χ3n) is 2.11. The van der Waals surface area contributed by atoms with Gasteiger partial charge in [0.2, 0.25) is 0 Å². The molecule has 0 radical (unpaired) electrons. The predicted molar refractivity (Wildman–Crippen MR) is 45.6 cm³/mol. The molecule has 0 aromatic heterocycles. The van der Waals surface area contributed by atoms with Crippen LogP contribution in [0.3, 0.4) is 0 Å². The van der Waals surface area contributed by atoms with Crippen LogP contribution in [-0.4, -0.2) is 11.8 Å². The number of nitrogens with zero attached hydrogens (tertiary/aromatic N) is 1. The molecule has 10 heavy (non-hydrogen) atoms. The van der Waals surface area contributed by atoms with E-state index in [0.29, 0.717) is 12.0 Å². The van der Waals surface area contributed by atoms with Gasteiger partial charge in [-0.3, -0.25) is 4.99 Å². The minimum Gasteiger partial charge on any atom is -0.291 e. The van der Waals surface area contributed by atoms with E-state index in [1.807, 2.05) is 0 Å². The van der Waals surface area contributed by atoms with E-state index in [1.165, 1.54) is 25.0 Å². The summed E-state index contributed by atoms with van der Waals surface area (Å²) in [5.41, 5.74) is 1.43. The fourth-order valence-corrected chi connectivity index (χ4v) is 1.43. The summed E-state index contributed by atoms with van der Waals surface area (Å²) in [7, 11) is 0. The summed E-state index contributed by atoms with van der Waals surface area (Å²) in [5.74, 6) is 0.669. The molecule has 0 unspecified atom stereocenters. The molecule has 0 bridgehead atoms. The van der Waals surface area contributed by atoms with E-state index in [-0.39, 0.29) is 0 Å². The van der Waals surface area contributed by atoms with E-state index in [4.69, 9.17) is 0 Å². The van der Waals surface area contributed by atoms with Crippen molar-refractivity contribution in [2.24, 2.45) is 10.9 Å². The summed E-state index contributed by atoms with van der Waals surface area (Å²) in [5, 5.41) is 0. The lowest BCUT2D eigenvalue weighted by Gasteiger charge is -2.19. The van der Waals surface area contributed by atoms with Crippen LogP contribution < -0.4 is 0 Å². The molecule has 1 heterocycles. The van der Waals surface area contributed by atoms with E-state index < -0.39 is 0 Å². The predicted octanol–water partition coefficient (Wildman–Crippen LogP) is 2.66. The van der Waals surface area contributed by atoms with Gasteiger partial charge in [0.1, 0.15) is 0 Å². The Labute approximate surface area is 63.5 Å². The van der Waals surface area contributed by atoms with Crippen molar-refractivity contribution >= 4 is 5.71 Å². The monoisotopic (exact) mass is 139 g/mol. The Morgan fingerprint density at radius 1 is 1.50 bits per heavy atom. The molecule has 0 saturated carbocycles. The summed E-state index contributed by atoms with van der Waals surface area (Å²) in [6.07, 6.45) is 3.87. The van der Waals surface area contributed by atoms with Gasteiger partial charge in [0.25, 0.3) is 0 Å². The molecule has 0 amide bonds. The molecule has 1 aliphatic rings. The van der Waals surface area contributed by atoms with Crippen molar-refractivity contribution in [1.82, 2.24) is 0 Å². The van der Waals surface area contributed by atoms with Crippen molar-refractivity contribution in [2.45, 2.75) is 46.1 Å². The number of hydrogen-bond donors (Lipinski definition) is 0. The van der Waals surface area contributed by atoms with Gasteiger partial charge in [-0.25, -0.2) is 0 Å². The highest BCUT2D eigenvalue weighted by Gasteiger charge is 2.12. The average molecular weight is 139 g/mol. The van der Waals surface area contributed by atoms with Gasteiger partial charge in [-0.15, -0.1) is 0 Å². The molecule has 0 aromatic rings. The van der Waals surface area contributed by atoms with Crippen molar-refractivity contribution < 1.29 is 0 Å². The highest BCUT2D eigenvalue weighted by molar-refractivity contribution is 5.86. The first-order valence-electron chi connectivity index (χ1n) is 4.26. The van der Waals surface area contributed by atoms with Crippen LogP contribution in [0.25, 0.3) is 0 Å². The lowest BCUT2D eigenvalue weighted by atomic mass is 9.97. The third-order valence-corrected chi connectivity index (χ3v) is 2.11. The maximum Gasteiger partial charge on any atom is 0.0471 e. The molecule has 1 atom stereocenters. The fraction of sp³-hybridized carbons (Fsp3) is 0.889. The zero-order valence-electron chi connectivity index (χ0n) is 7.22. The van der Waals surface area contributed by atoms with Crippen molar-refractivity contribution in [3.63, 3.8) is 0 Å². The molecular formula is C9H17N. The standard InChI is InChI=1S/C9H17N/c1-7(2)9-6-4-5-8(3)10-9/h7-8H,4-6H2,1-3H3/t8-/m0/s1. The van der Waals surface area contributed by atoms with E-state index in [1.54, 1.807) is 0 Å². The molecule has 1 aliphatic heterocycles. The van der Waals surface area contributed by atoms with Crippen LogP contribution in [0.5, 0.6) is 0 Å². The van der Waals surface area contributed by atoms with Gasteiger partial charge >= 0.3 is 0 Å². The van der Waals surface area contributed by atoms with Crippen LogP contribution in [0.15, 0.2) is 4.99 Å². The smallest absolute Gasteiger partial charge is 0.0471 e. The van der Waals surface area contributed by atoms with Gasteiger partial charge in [0, 0.05) is 11.8 Å². The van der Waals surface area contributed by atoms with Crippen molar-refractivity contribution in [2.75, 3.05) is 0 Å². The second kappa shape index (κ2) is 3.18. The minimum absolute atomic E-state index is 0.589. The van der Waals surface area contributed by atoms with Gasteiger partial charge in [0.05, 0.1) is 0 Å². The summed E-state index contributed by atoms with van der Waals surface area (Å²) in [4.78, 5) is 4.60. The molecule has 1 rings (SSSR count). The van der Waals surface area contributed by atoms with Crippen molar-refractivity contribution in [1.29, 1.82) is 0 Å². The molecule has 0 spiro atoms. The Balaban J connectivity index is 2.57. The van der Waals surface area contributed by atoms with Gasteiger partial charge in [-0.2, -0.15) is 0 Å². The molecule has 0 aromatic carbocycles. The first-order chi connectivity index (χ1) is 4.70. The number of hydrogen-bond acceptors (Lipinski definition) is 1. The van der Waals surface area contributed by atoms with E-state index >= 15 is 0 Å². The van der Waals surface area contributed by atoms with E-state index in [0.717, 1.165) is 0 Å². The Bertz CT molecular complexity index is 136. The largest absolute Gasteiger partial charge is 0.291 e. The second-order valence-electron chi connectivity index (χ2n) is 3.52. The van der Waals surface area contributed by atoms with E-state index in [9.17, 15) is 0 Å². The summed E-state index contributed by atoms with van der Waals surface area (Å²) < 4.78 is 0. The third kappa shape index (κ3) is 1.83. The van der Waals surface area contributed by atoms with Crippen LogP contribution in [0.2, 0.25) is 0 Å². The van der Waals surface area contributed by atoms with Crippen LogP contribution >= 0.6 is 0 Å². The highest BCUT2D eigenvalue weighted by Crippen LogP contribution is 2.16. The molecule has 0 saturated heterocycles. The van der Waals surface area contributed by atoms with Gasteiger partial charge in [0.15, 0.2) is 0 Å². The summed E-state index contributed by atoms with van der Waals surface area (Å²) in [6.45, 7) is 6.68. The minimum atomic E-state index is 0.589. The van der Waals surface area contributed by atoms with Crippen LogP contribution in [0.4, 0.5) is 0 Å². The molecular weight excluding hydrogens is 122 g/mol. The lowest BCUT2D eigenvalue weighted by Crippen LogP contribution is -2.16. The zero-order chi connectivity index (χ0) is 7.56.